The smallest absolute Gasteiger partial charge is 0.339 e. The normalized spacial score (nSPS) is 15.9. The molecule has 1 aliphatic rings. The Kier molecular flexibility index (Phi) is 4.93. The molecule has 0 unspecified atom stereocenters. The van der Waals surface area contributed by atoms with Crippen LogP contribution in [0.3, 0.4) is 0 Å². The van der Waals surface area contributed by atoms with Crippen LogP contribution in [0.15, 0.2) is 40.8 Å². The summed E-state index contributed by atoms with van der Waals surface area (Å²) < 4.78 is 5.45. The van der Waals surface area contributed by atoms with Crippen LogP contribution in [0.1, 0.15) is 64.8 Å². The Balaban J connectivity index is 1.76. The molecule has 1 saturated carbocycles. The summed E-state index contributed by atoms with van der Waals surface area (Å²) in [5.41, 5.74) is 1.26. The molecule has 0 saturated heterocycles. The summed E-state index contributed by atoms with van der Waals surface area (Å²) in [5.74, 6) is -1.03. The van der Waals surface area contributed by atoms with E-state index in [4.69, 9.17) is 4.42 Å². The molecular weight excluding hydrogens is 318 g/mol. The van der Waals surface area contributed by atoms with Gasteiger partial charge in [-0.2, -0.15) is 0 Å². The number of furan rings is 1. The number of hydrogen-bond acceptors (Lipinski definition) is 3. The van der Waals surface area contributed by atoms with Crippen molar-refractivity contribution in [3.63, 3.8) is 0 Å². The van der Waals surface area contributed by atoms with Gasteiger partial charge in [0, 0.05) is 24.4 Å². The van der Waals surface area contributed by atoms with Gasteiger partial charge in [-0.25, -0.2) is 4.79 Å². The molecule has 0 aliphatic heterocycles. The molecular formula is C20H23NO4. The lowest BCUT2D eigenvalue weighted by Gasteiger charge is -2.29. The van der Waals surface area contributed by atoms with Gasteiger partial charge in [-0.15, -0.1) is 0 Å². The monoisotopic (exact) mass is 341 g/mol. The highest BCUT2D eigenvalue weighted by Gasteiger charge is 2.36. The summed E-state index contributed by atoms with van der Waals surface area (Å²) in [5, 5.41) is 12.2. The van der Waals surface area contributed by atoms with E-state index in [1.165, 1.54) is 11.6 Å². The molecule has 3 rings (SSSR count). The van der Waals surface area contributed by atoms with Gasteiger partial charge < -0.3 is 14.8 Å². The molecule has 5 nitrogen and oxygen atoms in total. The fraction of sp³-hybridized carbons (Fsp3) is 0.400. The number of carbonyl (C=O) groups excluding carboxylic acids is 1. The fourth-order valence-electron chi connectivity index (χ4n) is 3.73. The van der Waals surface area contributed by atoms with E-state index >= 15 is 0 Å². The molecule has 0 spiro atoms. The van der Waals surface area contributed by atoms with E-state index in [2.05, 4.69) is 17.4 Å². The first-order valence-corrected chi connectivity index (χ1v) is 8.75. The first kappa shape index (κ1) is 17.3. The third kappa shape index (κ3) is 3.45. The number of rotatable bonds is 6. The van der Waals surface area contributed by atoms with E-state index in [0.717, 1.165) is 25.7 Å². The molecule has 25 heavy (non-hydrogen) atoms. The molecule has 1 heterocycles. The number of carboxylic acid groups (broad SMARTS) is 1. The van der Waals surface area contributed by atoms with Crippen molar-refractivity contribution in [2.45, 2.75) is 44.4 Å². The van der Waals surface area contributed by atoms with Gasteiger partial charge in [0.1, 0.15) is 11.3 Å². The predicted octanol–water partition coefficient (Wildman–Crippen LogP) is 3.78. The zero-order valence-electron chi connectivity index (χ0n) is 14.4. The molecule has 1 aliphatic carbocycles. The van der Waals surface area contributed by atoms with Gasteiger partial charge in [-0.05, 0) is 18.4 Å². The number of amides is 1. The van der Waals surface area contributed by atoms with E-state index in [0.29, 0.717) is 18.7 Å². The highest BCUT2D eigenvalue weighted by atomic mass is 16.4. The van der Waals surface area contributed by atoms with Crippen LogP contribution in [0.5, 0.6) is 0 Å². The zero-order valence-corrected chi connectivity index (χ0v) is 14.4. The van der Waals surface area contributed by atoms with Crippen molar-refractivity contribution in [3.05, 3.63) is 59.0 Å². The van der Waals surface area contributed by atoms with Crippen LogP contribution >= 0.6 is 0 Å². The summed E-state index contributed by atoms with van der Waals surface area (Å²) in [7, 11) is 0. The Bertz CT molecular complexity index is 757. The highest BCUT2D eigenvalue weighted by Crippen LogP contribution is 2.40. The molecule has 5 heteroatoms. The second-order valence-corrected chi connectivity index (χ2v) is 6.64. The largest absolute Gasteiger partial charge is 0.478 e. The first-order valence-electron chi connectivity index (χ1n) is 8.75. The Morgan fingerprint density at radius 3 is 2.44 bits per heavy atom. The van der Waals surface area contributed by atoms with E-state index in [1.807, 2.05) is 18.2 Å². The Hall–Kier alpha value is -2.56. The van der Waals surface area contributed by atoms with Crippen molar-refractivity contribution in [1.82, 2.24) is 5.32 Å². The maximum atomic E-state index is 12.5. The van der Waals surface area contributed by atoms with E-state index in [1.54, 1.807) is 6.92 Å². The Morgan fingerprint density at radius 2 is 1.88 bits per heavy atom. The standard InChI is InChI=1S/C20H23NO4/c1-2-16-15(19(23)24)12-17(25-16)18(22)21-13-20(10-6-7-11-20)14-8-4-3-5-9-14/h3-5,8-9,12H,2,6-7,10-11,13H2,1H3,(H,21,22)(H,23,24). The molecule has 1 aromatic heterocycles. The maximum absolute atomic E-state index is 12.5. The second kappa shape index (κ2) is 7.13. The summed E-state index contributed by atoms with van der Waals surface area (Å²) in [6, 6.07) is 11.6. The van der Waals surface area contributed by atoms with Gasteiger partial charge >= 0.3 is 5.97 Å². The average molecular weight is 341 g/mol. The minimum absolute atomic E-state index is 0.0489. The molecule has 1 fully saturated rings. The number of aromatic carboxylic acids is 1. The lowest BCUT2D eigenvalue weighted by atomic mass is 9.79. The van der Waals surface area contributed by atoms with Crippen molar-refractivity contribution in [1.29, 1.82) is 0 Å². The van der Waals surface area contributed by atoms with Crippen LogP contribution in [0.2, 0.25) is 0 Å². The number of carboxylic acids is 1. The number of hydrogen-bond donors (Lipinski definition) is 2. The first-order chi connectivity index (χ1) is 12.1. The van der Waals surface area contributed by atoms with Crippen molar-refractivity contribution in [3.8, 4) is 0 Å². The minimum atomic E-state index is -1.07. The third-order valence-electron chi connectivity index (χ3n) is 5.12. The van der Waals surface area contributed by atoms with Crippen molar-refractivity contribution in [2.24, 2.45) is 0 Å². The van der Waals surface area contributed by atoms with E-state index in [-0.39, 0.29) is 22.6 Å². The number of carbonyl (C=O) groups is 2. The van der Waals surface area contributed by atoms with Crippen molar-refractivity contribution >= 4 is 11.9 Å². The van der Waals surface area contributed by atoms with Crippen molar-refractivity contribution < 1.29 is 19.1 Å². The SMILES string of the molecule is CCc1oc(C(=O)NCC2(c3ccccc3)CCCC2)cc1C(=O)O. The molecule has 0 radical (unpaired) electrons. The lowest BCUT2D eigenvalue weighted by molar-refractivity contribution is 0.0694. The molecule has 1 amide bonds. The summed E-state index contributed by atoms with van der Waals surface area (Å²) in [4.78, 5) is 23.7. The van der Waals surface area contributed by atoms with Crippen LogP contribution in [0.4, 0.5) is 0 Å². The van der Waals surface area contributed by atoms with Gasteiger partial charge in [0.25, 0.3) is 5.91 Å². The molecule has 132 valence electrons. The number of benzene rings is 1. The predicted molar refractivity (Wildman–Crippen MR) is 94.0 cm³/mol. The molecule has 1 aromatic carbocycles. The van der Waals surface area contributed by atoms with Gasteiger partial charge in [0.05, 0.1) is 0 Å². The highest BCUT2D eigenvalue weighted by molar-refractivity contribution is 5.96. The van der Waals surface area contributed by atoms with Gasteiger partial charge in [-0.1, -0.05) is 50.1 Å². The second-order valence-electron chi connectivity index (χ2n) is 6.64. The number of nitrogens with one attached hydrogen (secondary N) is 1. The molecule has 2 N–H and O–H groups in total. The number of aryl methyl sites for hydroxylation is 1. The van der Waals surface area contributed by atoms with Crippen LogP contribution in [0.25, 0.3) is 0 Å². The minimum Gasteiger partial charge on any atom is -0.478 e. The zero-order chi connectivity index (χ0) is 17.9. The van der Waals surface area contributed by atoms with Crippen LogP contribution in [-0.2, 0) is 11.8 Å². The Morgan fingerprint density at radius 1 is 1.20 bits per heavy atom. The quantitative estimate of drug-likeness (QED) is 0.838. The summed E-state index contributed by atoms with van der Waals surface area (Å²) in [6.07, 6.45) is 4.80. The summed E-state index contributed by atoms with van der Waals surface area (Å²) >= 11 is 0. The molecule has 0 bridgehead atoms. The topological polar surface area (TPSA) is 79.5 Å². The van der Waals surface area contributed by atoms with E-state index < -0.39 is 5.97 Å². The fourth-order valence-corrected chi connectivity index (χ4v) is 3.73. The van der Waals surface area contributed by atoms with Crippen molar-refractivity contribution in [2.75, 3.05) is 6.54 Å². The lowest BCUT2D eigenvalue weighted by Crippen LogP contribution is -2.38. The van der Waals surface area contributed by atoms with Gasteiger partial charge in [0.15, 0.2) is 5.76 Å². The van der Waals surface area contributed by atoms with Crippen LogP contribution in [0, 0.1) is 0 Å². The Labute approximate surface area is 147 Å². The van der Waals surface area contributed by atoms with Gasteiger partial charge in [0.2, 0.25) is 0 Å². The van der Waals surface area contributed by atoms with Crippen LogP contribution in [-0.4, -0.2) is 23.5 Å². The summed E-state index contributed by atoms with van der Waals surface area (Å²) in [6.45, 7) is 2.33. The third-order valence-corrected chi connectivity index (χ3v) is 5.12. The molecule has 0 atom stereocenters. The maximum Gasteiger partial charge on any atom is 0.339 e. The average Bonchev–Trinajstić information content (AvgIpc) is 3.28. The van der Waals surface area contributed by atoms with E-state index in [9.17, 15) is 14.7 Å². The molecule has 2 aromatic rings. The van der Waals surface area contributed by atoms with Gasteiger partial charge in [-0.3, -0.25) is 4.79 Å². The van der Waals surface area contributed by atoms with Crippen LogP contribution < -0.4 is 5.32 Å².